The van der Waals surface area contributed by atoms with E-state index in [0.29, 0.717) is 28.3 Å². The van der Waals surface area contributed by atoms with E-state index in [4.69, 9.17) is 9.47 Å². The fraction of sp³-hybridized carbons (Fsp3) is 0.154. The van der Waals surface area contributed by atoms with E-state index in [1.165, 1.54) is 29.2 Å². The number of hydrogen-bond acceptors (Lipinski definition) is 4. The molecule has 3 aromatic carbocycles. The maximum atomic E-state index is 13.8. The van der Waals surface area contributed by atoms with Crippen molar-refractivity contribution < 1.29 is 27.8 Å². The van der Waals surface area contributed by atoms with Crippen LogP contribution in [0.1, 0.15) is 23.5 Å². The van der Waals surface area contributed by atoms with Gasteiger partial charge in [-0.15, -0.1) is 0 Å². The van der Waals surface area contributed by atoms with Crippen LogP contribution in [0, 0.1) is 11.6 Å². The second kappa shape index (κ2) is 8.50. The molecule has 0 N–H and O–H groups in total. The zero-order valence-corrected chi connectivity index (χ0v) is 17.5. The van der Waals surface area contributed by atoms with Gasteiger partial charge in [0.25, 0.3) is 0 Å². The minimum Gasteiger partial charge on any atom is -0.489 e. The van der Waals surface area contributed by atoms with Crippen LogP contribution in [-0.2, 0) is 20.9 Å². The molecule has 1 amide bonds. The van der Waals surface area contributed by atoms with E-state index in [1.807, 2.05) is 0 Å². The lowest BCUT2D eigenvalue weighted by Crippen LogP contribution is -2.37. The van der Waals surface area contributed by atoms with Gasteiger partial charge in [-0.25, -0.2) is 13.6 Å². The van der Waals surface area contributed by atoms with Crippen LogP contribution in [0.5, 0.6) is 5.75 Å². The third-order valence-corrected chi connectivity index (χ3v) is 5.82. The maximum absolute atomic E-state index is 13.8. The van der Waals surface area contributed by atoms with Gasteiger partial charge in [0.2, 0.25) is 5.91 Å². The number of carbonyl (C=O) groups is 2. The van der Waals surface area contributed by atoms with Crippen molar-refractivity contribution in [2.24, 2.45) is 0 Å². The van der Waals surface area contributed by atoms with Gasteiger partial charge in [-0.3, -0.25) is 9.69 Å². The Morgan fingerprint density at radius 3 is 2.52 bits per heavy atom. The van der Waals surface area contributed by atoms with Crippen LogP contribution in [0.3, 0.4) is 0 Å². The molecular weight excluding hydrogens is 428 g/mol. The van der Waals surface area contributed by atoms with E-state index < -0.39 is 17.7 Å². The highest BCUT2D eigenvalue weighted by molar-refractivity contribution is 6.06. The van der Waals surface area contributed by atoms with Crippen molar-refractivity contribution in [2.75, 3.05) is 11.5 Å². The molecule has 2 heterocycles. The van der Waals surface area contributed by atoms with Crippen LogP contribution in [0.4, 0.5) is 14.5 Å². The van der Waals surface area contributed by atoms with Gasteiger partial charge in [-0.1, -0.05) is 36.4 Å². The second-order valence-corrected chi connectivity index (χ2v) is 7.85. The first kappa shape index (κ1) is 20.9. The average molecular weight is 447 g/mol. The molecule has 5 nitrogen and oxygen atoms in total. The number of esters is 1. The molecule has 0 radical (unpaired) electrons. The molecule has 166 valence electrons. The molecule has 0 saturated carbocycles. The Kier molecular flexibility index (Phi) is 5.38. The third kappa shape index (κ3) is 3.98. The predicted octanol–water partition coefficient (Wildman–Crippen LogP) is 4.88. The number of anilines is 1. The zero-order valence-electron chi connectivity index (χ0n) is 17.5. The monoisotopic (exact) mass is 447 g/mol. The van der Waals surface area contributed by atoms with Crippen molar-refractivity contribution in [1.29, 1.82) is 0 Å². The summed E-state index contributed by atoms with van der Waals surface area (Å²) in [6, 6.07) is 19.1. The van der Waals surface area contributed by atoms with Crippen LogP contribution in [-0.4, -0.2) is 18.5 Å². The Morgan fingerprint density at radius 2 is 1.76 bits per heavy atom. The summed E-state index contributed by atoms with van der Waals surface area (Å²) in [5.74, 6) is -1.48. The molecule has 3 aromatic rings. The van der Waals surface area contributed by atoms with Crippen molar-refractivity contribution in [3.63, 3.8) is 0 Å². The highest BCUT2D eigenvalue weighted by Crippen LogP contribution is 2.42. The van der Waals surface area contributed by atoms with Crippen LogP contribution >= 0.6 is 0 Å². The smallest absolute Gasteiger partial charge is 0.336 e. The Morgan fingerprint density at radius 1 is 0.970 bits per heavy atom. The van der Waals surface area contributed by atoms with Crippen molar-refractivity contribution in [3.05, 3.63) is 107 Å². The first-order valence-corrected chi connectivity index (χ1v) is 10.5. The van der Waals surface area contributed by atoms with Crippen LogP contribution in [0.15, 0.2) is 84.1 Å². The summed E-state index contributed by atoms with van der Waals surface area (Å²) < 4.78 is 38.5. The lowest BCUT2D eigenvalue weighted by molar-refractivity contribution is -0.136. The van der Waals surface area contributed by atoms with E-state index in [9.17, 15) is 18.4 Å². The molecule has 5 rings (SSSR count). The summed E-state index contributed by atoms with van der Waals surface area (Å²) in [6.07, 6.45) is 0.0415. The normalized spacial score (nSPS) is 17.8. The SMILES string of the molecule is O=C1OCC2=C1C(c1ccc(OCc3ccccc3F)cc1)CC(=O)N2c1cccc(F)c1. The van der Waals surface area contributed by atoms with E-state index in [-0.39, 0.29) is 31.4 Å². The lowest BCUT2D eigenvalue weighted by atomic mass is 9.84. The molecule has 0 aromatic heterocycles. The minimum atomic E-state index is -0.483. The molecular formula is C26H19F2NO4. The maximum Gasteiger partial charge on any atom is 0.336 e. The number of carbonyl (C=O) groups excluding carboxylic acids is 2. The fourth-order valence-corrected chi connectivity index (χ4v) is 4.23. The van der Waals surface area contributed by atoms with Crippen LogP contribution in [0.25, 0.3) is 0 Å². The third-order valence-electron chi connectivity index (χ3n) is 5.82. The van der Waals surface area contributed by atoms with Gasteiger partial charge >= 0.3 is 5.97 Å². The van der Waals surface area contributed by atoms with Gasteiger partial charge in [-0.2, -0.15) is 0 Å². The summed E-state index contributed by atoms with van der Waals surface area (Å²) in [4.78, 5) is 27.0. The molecule has 33 heavy (non-hydrogen) atoms. The van der Waals surface area contributed by atoms with E-state index in [0.717, 1.165) is 5.56 Å². The van der Waals surface area contributed by atoms with E-state index >= 15 is 0 Å². The number of amides is 1. The summed E-state index contributed by atoms with van der Waals surface area (Å²) in [5, 5.41) is 0. The quantitative estimate of drug-likeness (QED) is 0.524. The molecule has 1 atom stereocenters. The number of nitrogens with zero attached hydrogens (tertiary/aromatic N) is 1. The van der Waals surface area contributed by atoms with Gasteiger partial charge in [0.1, 0.15) is 30.6 Å². The molecule has 1 unspecified atom stereocenters. The Hall–Kier alpha value is -4.00. The Labute approximate surface area is 188 Å². The number of halogens is 2. The summed E-state index contributed by atoms with van der Waals surface area (Å²) in [7, 11) is 0. The van der Waals surface area contributed by atoms with E-state index in [2.05, 4.69) is 0 Å². The van der Waals surface area contributed by atoms with Gasteiger partial charge < -0.3 is 9.47 Å². The molecule has 0 spiro atoms. The largest absolute Gasteiger partial charge is 0.489 e. The number of rotatable bonds is 5. The summed E-state index contributed by atoms with van der Waals surface area (Å²) in [6.45, 7) is 0.0366. The average Bonchev–Trinajstić information content (AvgIpc) is 3.19. The van der Waals surface area contributed by atoms with Gasteiger partial charge in [0.15, 0.2) is 0 Å². The van der Waals surface area contributed by atoms with E-state index in [1.54, 1.807) is 48.5 Å². The highest BCUT2D eigenvalue weighted by atomic mass is 19.1. The minimum absolute atomic E-state index is 0.0415. The molecule has 0 saturated heterocycles. The molecule has 7 heteroatoms. The summed E-state index contributed by atoms with van der Waals surface area (Å²) >= 11 is 0. The van der Waals surface area contributed by atoms with Crippen LogP contribution < -0.4 is 9.64 Å². The van der Waals surface area contributed by atoms with Crippen molar-refractivity contribution in [3.8, 4) is 5.75 Å². The summed E-state index contributed by atoms with van der Waals surface area (Å²) in [5.41, 5.74) is 2.40. The van der Waals surface area contributed by atoms with Gasteiger partial charge in [0, 0.05) is 17.9 Å². The Bertz CT molecular complexity index is 1270. The number of ether oxygens (including phenoxy) is 2. The lowest BCUT2D eigenvalue weighted by Gasteiger charge is -2.31. The molecule has 0 bridgehead atoms. The molecule has 2 aliphatic heterocycles. The standard InChI is InChI=1S/C26H19F2NO4/c27-18-5-3-6-19(12-18)29-23-15-33-26(31)25(23)21(13-24(29)30)16-8-10-20(11-9-16)32-14-17-4-1-2-7-22(17)28/h1-12,21H,13-15H2. The van der Waals surface area contributed by atoms with Crippen LogP contribution in [0.2, 0.25) is 0 Å². The van der Waals surface area contributed by atoms with Gasteiger partial charge in [0.05, 0.1) is 17.0 Å². The predicted molar refractivity (Wildman–Crippen MR) is 116 cm³/mol. The number of cyclic esters (lactones) is 1. The number of hydrogen-bond donors (Lipinski definition) is 0. The van der Waals surface area contributed by atoms with Crippen molar-refractivity contribution >= 4 is 17.6 Å². The topological polar surface area (TPSA) is 55.8 Å². The fourth-order valence-electron chi connectivity index (χ4n) is 4.23. The number of benzene rings is 3. The first-order chi connectivity index (χ1) is 16.0. The Balaban J connectivity index is 1.41. The van der Waals surface area contributed by atoms with Crippen molar-refractivity contribution in [1.82, 2.24) is 0 Å². The second-order valence-electron chi connectivity index (χ2n) is 7.85. The molecule has 0 aliphatic carbocycles. The molecule has 2 aliphatic rings. The van der Waals surface area contributed by atoms with Crippen molar-refractivity contribution in [2.45, 2.75) is 18.9 Å². The molecule has 0 fully saturated rings. The first-order valence-electron chi connectivity index (χ1n) is 10.5. The van der Waals surface area contributed by atoms with Gasteiger partial charge in [-0.05, 0) is 42.0 Å². The zero-order chi connectivity index (χ0) is 22.9. The highest BCUT2D eigenvalue weighted by Gasteiger charge is 2.43.